The number of aryl methyl sites for hydroxylation is 2. The monoisotopic (exact) mass is 362 g/mol. The zero-order valence-electron chi connectivity index (χ0n) is 15.0. The highest BCUT2D eigenvalue weighted by atomic mass is 16.5. The lowest BCUT2D eigenvalue weighted by atomic mass is 9.94. The van der Waals surface area contributed by atoms with E-state index < -0.39 is 11.5 Å². The number of aliphatic carboxylic acids is 1. The number of rotatable bonds is 4. The molecule has 136 valence electrons. The van der Waals surface area contributed by atoms with Gasteiger partial charge >= 0.3 is 5.97 Å². The lowest BCUT2D eigenvalue weighted by molar-refractivity contribution is -0.144. The van der Waals surface area contributed by atoms with Gasteiger partial charge in [-0.3, -0.25) is 15.0 Å². The average molecular weight is 362 g/mol. The maximum absolute atomic E-state index is 12.2. The highest BCUT2D eigenvalue weighted by molar-refractivity contribution is 5.98. The molecule has 1 unspecified atom stereocenters. The van der Waals surface area contributed by atoms with Gasteiger partial charge in [0, 0.05) is 29.7 Å². The van der Waals surface area contributed by atoms with Gasteiger partial charge in [-0.05, 0) is 48.6 Å². The molecule has 0 aliphatic carbocycles. The number of hydrogen-bond acceptors (Lipinski definition) is 6. The van der Waals surface area contributed by atoms with Crippen molar-refractivity contribution in [1.82, 2.24) is 15.0 Å². The number of pyridine rings is 3. The number of ether oxygens (including phenoxy) is 1. The molecule has 0 saturated carbocycles. The normalized spacial score (nSPS) is 19.0. The SMILES string of the molecule is CCc1nc(C2(C(=O)O)COC(c3cc(C)ccn3)=N2)cc2ccncc12. The summed E-state index contributed by atoms with van der Waals surface area (Å²) in [6.45, 7) is 3.78. The lowest BCUT2D eigenvalue weighted by Crippen LogP contribution is -2.36. The Hall–Kier alpha value is -3.35. The summed E-state index contributed by atoms with van der Waals surface area (Å²) in [6.07, 6.45) is 5.72. The summed E-state index contributed by atoms with van der Waals surface area (Å²) in [7, 11) is 0. The van der Waals surface area contributed by atoms with Gasteiger partial charge in [0.25, 0.3) is 0 Å². The van der Waals surface area contributed by atoms with Gasteiger partial charge in [-0.15, -0.1) is 0 Å². The van der Waals surface area contributed by atoms with E-state index in [9.17, 15) is 9.90 Å². The van der Waals surface area contributed by atoms with E-state index in [0.717, 1.165) is 22.0 Å². The van der Waals surface area contributed by atoms with Crippen LogP contribution in [-0.4, -0.2) is 38.5 Å². The van der Waals surface area contributed by atoms with E-state index in [1.807, 2.05) is 32.0 Å². The molecule has 1 aliphatic rings. The molecule has 0 amide bonds. The van der Waals surface area contributed by atoms with Crippen molar-refractivity contribution in [3.8, 4) is 0 Å². The second-order valence-corrected chi connectivity index (χ2v) is 6.49. The molecule has 1 N–H and O–H groups in total. The molecule has 3 aromatic rings. The third-order valence-electron chi connectivity index (χ3n) is 4.67. The van der Waals surface area contributed by atoms with Crippen LogP contribution in [0.1, 0.15) is 29.6 Å². The van der Waals surface area contributed by atoms with E-state index in [1.165, 1.54) is 0 Å². The van der Waals surface area contributed by atoms with Gasteiger partial charge in [-0.25, -0.2) is 9.79 Å². The first-order chi connectivity index (χ1) is 13.0. The Bertz CT molecular complexity index is 1080. The van der Waals surface area contributed by atoms with Crippen LogP contribution in [0.25, 0.3) is 10.8 Å². The molecule has 7 heteroatoms. The van der Waals surface area contributed by atoms with Crippen LogP contribution >= 0.6 is 0 Å². The maximum atomic E-state index is 12.2. The van der Waals surface area contributed by atoms with Crippen LogP contribution in [0, 0.1) is 6.92 Å². The Balaban J connectivity index is 1.89. The summed E-state index contributed by atoms with van der Waals surface area (Å²) >= 11 is 0. The molecule has 0 aromatic carbocycles. The zero-order chi connectivity index (χ0) is 19.0. The van der Waals surface area contributed by atoms with Gasteiger partial charge in [0.1, 0.15) is 12.3 Å². The fourth-order valence-corrected chi connectivity index (χ4v) is 3.18. The molecule has 1 aliphatic heterocycles. The Kier molecular flexibility index (Phi) is 4.07. The van der Waals surface area contributed by atoms with Crippen molar-refractivity contribution in [3.63, 3.8) is 0 Å². The maximum Gasteiger partial charge on any atom is 0.341 e. The van der Waals surface area contributed by atoms with Gasteiger partial charge in [-0.1, -0.05) is 6.92 Å². The second kappa shape index (κ2) is 6.42. The van der Waals surface area contributed by atoms with Gasteiger partial charge in [0.05, 0.1) is 5.69 Å². The average Bonchev–Trinajstić information content (AvgIpc) is 3.14. The van der Waals surface area contributed by atoms with Crippen LogP contribution in [0.5, 0.6) is 0 Å². The second-order valence-electron chi connectivity index (χ2n) is 6.49. The van der Waals surface area contributed by atoms with Crippen LogP contribution in [0.3, 0.4) is 0 Å². The zero-order valence-corrected chi connectivity index (χ0v) is 15.0. The molecule has 4 heterocycles. The number of aromatic nitrogens is 3. The summed E-state index contributed by atoms with van der Waals surface area (Å²) < 4.78 is 5.67. The minimum absolute atomic E-state index is 0.125. The van der Waals surface area contributed by atoms with Crippen LogP contribution < -0.4 is 0 Å². The Morgan fingerprint density at radius 1 is 1.30 bits per heavy atom. The summed E-state index contributed by atoms with van der Waals surface area (Å²) in [4.78, 5) is 29.7. The summed E-state index contributed by atoms with van der Waals surface area (Å²) in [5, 5.41) is 11.8. The first kappa shape index (κ1) is 17.1. The molecule has 0 bridgehead atoms. The van der Waals surface area contributed by atoms with E-state index in [2.05, 4.69) is 19.9 Å². The van der Waals surface area contributed by atoms with Crippen LogP contribution in [-0.2, 0) is 21.5 Å². The Labute approximate surface area is 155 Å². The van der Waals surface area contributed by atoms with Crippen LogP contribution in [0.4, 0.5) is 0 Å². The third-order valence-corrected chi connectivity index (χ3v) is 4.67. The molecule has 0 spiro atoms. The number of carboxylic acids is 1. The quantitative estimate of drug-likeness (QED) is 0.766. The number of fused-ring (bicyclic) bond motifs is 1. The Morgan fingerprint density at radius 2 is 2.15 bits per heavy atom. The topological polar surface area (TPSA) is 97.6 Å². The predicted octanol–water partition coefficient (Wildman–Crippen LogP) is 2.65. The molecule has 27 heavy (non-hydrogen) atoms. The van der Waals surface area contributed by atoms with Gasteiger partial charge in [-0.2, -0.15) is 0 Å². The number of aliphatic imine (C=N–C) groups is 1. The fraction of sp³-hybridized carbons (Fsp3) is 0.250. The van der Waals surface area contributed by atoms with Crippen LogP contribution in [0.15, 0.2) is 47.8 Å². The van der Waals surface area contributed by atoms with E-state index in [0.29, 0.717) is 17.8 Å². The lowest BCUT2D eigenvalue weighted by Gasteiger charge is -2.20. The van der Waals surface area contributed by atoms with Crippen molar-refractivity contribution in [1.29, 1.82) is 0 Å². The fourth-order valence-electron chi connectivity index (χ4n) is 3.18. The number of nitrogens with zero attached hydrogens (tertiary/aromatic N) is 4. The third kappa shape index (κ3) is 2.81. The van der Waals surface area contributed by atoms with Crippen molar-refractivity contribution in [3.05, 3.63) is 65.5 Å². The molecule has 1 atom stereocenters. The summed E-state index contributed by atoms with van der Waals surface area (Å²) in [5.74, 6) is -0.885. The minimum atomic E-state index is -1.60. The molecule has 0 saturated heterocycles. The van der Waals surface area contributed by atoms with E-state index in [4.69, 9.17) is 4.74 Å². The van der Waals surface area contributed by atoms with Gasteiger partial charge in [0.15, 0.2) is 0 Å². The Morgan fingerprint density at radius 3 is 2.89 bits per heavy atom. The number of hydrogen-bond donors (Lipinski definition) is 1. The van der Waals surface area contributed by atoms with E-state index >= 15 is 0 Å². The molecule has 3 aromatic heterocycles. The number of carbonyl (C=O) groups is 1. The van der Waals surface area contributed by atoms with E-state index in [1.54, 1.807) is 24.7 Å². The predicted molar refractivity (Wildman–Crippen MR) is 99.7 cm³/mol. The molecule has 0 radical (unpaired) electrons. The van der Waals surface area contributed by atoms with Crippen molar-refractivity contribution >= 4 is 22.6 Å². The molecule has 0 fully saturated rings. The number of carboxylic acid groups (broad SMARTS) is 1. The van der Waals surface area contributed by atoms with Crippen molar-refractivity contribution in [2.75, 3.05) is 6.61 Å². The van der Waals surface area contributed by atoms with E-state index in [-0.39, 0.29) is 12.5 Å². The first-order valence-corrected chi connectivity index (χ1v) is 8.66. The molecule has 7 nitrogen and oxygen atoms in total. The highest BCUT2D eigenvalue weighted by Crippen LogP contribution is 2.34. The van der Waals surface area contributed by atoms with Crippen molar-refractivity contribution in [2.24, 2.45) is 4.99 Å². The molecule has 4 rings (SSSR count). The smallest absolute Gasteiger partial charge is 0.341 e. The molecular formula is C20H18N4O3. The standard InChI is InChI=1S/C20H18N4O3/c1-3-15-14-10-21-6-5-13(14)9-17(23-15)20(19(25)26)11-27-18(24-20)16-8-12(2)4-7-22-16/h4-10H,3,11H2,1-2H3,(H,25,26). The minimum Gasteiger partial charge on any atom is -0.479 e. The summed E-state index contributed by atoms with van der Waals surface area (Å²) in [5.41, 5.74) is 1.05. The van der Waals surface area contributed by atoms with Crippen molar-refractivity contribution in [2.45, 2.75) is 25.8 Å². The first-order valence-electron chi connectivity index (χ1n) is 8.66. The van der Waals surface area contributed by atoms with Crippen LogP contribution in [0.2, 0.25) is 0 Å². The summed E-state index contributed by atoms with van der Waals surface area (Å²) in [6, 6.07) is 7.27. The molecular weight excluding hydrogens is 344 g/mol. The highest BCUT2D eigenvalue weighted by Gasteiger charge is 2.48. The van der Waals surface area contributed by atoms with Gasteiger partial charge in [0.2, 0.25) is 11.4 Å². The largest absolute Gasteiger partial charge is 0.479 e. The van der Waals surface area contributed by atoms with Crippen molar-refractivity contribution < 1.29 is 14.6 Å². The van der Waals surface area contributed by atoms with Gasteiger partial charge < -0.3 is 9.84 Å².